The van der Waals surface area contributed by atoms with Crippen LogP contribution in [0.2, 0.25) is 0 Å². The van der Waals surface area contributed by atoms with Crippen molar-refractivity contribution in [1.82, 2.24) is 9.55 Å². The van der Waals surface area contributed by atoms with Crippen LogP contribution in [0, 0.1) is 5.92 Å². The van der Waals surface area contributed by atoms with E-state index in [-0.39, 0.29) is 0 Å². The number of nitrogens with two attached hydrogens (primary N) is 1. The van der Waals surface area contributed by atoms with E-state index in [0.29, 0.717) is 17.9 Å². The van der Waals surface area contributed by atoms with Gasteiger partial charge in [0, 0.05) is 30.4 Å². The summed E-state index contributed by atoms with van der Waals surface area (Å²) in [5.41, 5.74) is 7.22. The largest absolute Gasteiger partial charge is 0.335 e. The van der Waals surface area contributed by atoms with E-state index in [0.717, 1.165) is 6.54 Å². The van der Waals surface area contributed by atoms with Gasteiger partial charge in [0.1, 0.15) is 0 Å². The molecule has 2 rings (SSSR count). The van der Waals surface area contributed by atoms with Crippen molar-refractivity contribution in [1.29, 1.82) is 0 Å². The van der Waals surface area contributed by atoms with Gasteiger partial charge in [-0.1, -0.05) is 0 Å². The SMILES string of the molecule is CCn1cncc1C1CC1C(C)N. The molecule has 1 aromatic rings. The predicted octanol–water partition coefficient (Wildman–Crippen LogP) is 1.35. The van der Waals surface area contributed by atoms with E-state index in [4.69, 9.17) is 5.73 Å². The maximum Gasteiger partial charge on any atom is 0.0948 e. The number of hydrogen-bond acceptors (Lipinski definition) is 2. The Bertz CT molecular complexity index is 290. The van der Waals surface area contributed by atoms with Gasteiger partial charge in [-0.2, -0.15) is 0 Å². The molecule has 1 aromatic heterocycles. The molecule has 3 unspecified atom stereocenters. The normalized spacial score (nSPS) is 28.8. The Hall–Kier alpha value is -0.830. The fourth-order valence-corrected chi connectivity index (χ4v) is 2.04. The lowest BCUT2D eigenvalue weighted by atomic mass is 10.1. The highest BCUT2D eigenvalue weighted by atomic mass is 15.0. The van der Waals surface area contributed by atoms with Gasteiger partial charge in [-0.3, -0.25) is 0 Å². The molecule has 0 amide bonds. The van der Waals surface area contributed by atoms with Crippen LogP contribution in [0.25, 0.3) is 0 Å². The van der Waals surface area contributed by atoms with Crippen LogP contribution in [-0.2, 0) is 6.54 Å². The first-order chi connectivity index (χ1) is 6.24. The predicted molar refractivity (Wildman–Crippen MR) is 52.4 cm³/mol. The average Bonchev–Trinajstić information content (AvgIpc) is 2.77. The minimum absolute atomic E-state index is 0.324. The lowest BCUT2D eigenvalue weighted by molar-refractivity contribution is 0.612. The molecule has 3 atom stereocenters. The zero-order chi connectivity index (χ0) is 9.42. The number of imidazole rings is 1. The maximum atomic E-state index is 5.86. The molecule has 0 bridgehead atoms. The quantitative estimate of drug-likeness (QED) is 0.761. The minimum atomic E-state index is 0.324. The summed E-state index contributed by atoms with van der Waals surface area (Å²) in [6, 6.07) is 0.324. The standard InChI is InChI=1S/C10H17N3/c1-3-13-6-12-5-10(13)9-4-8(9)7(2)11/h5-9H,3-4,11H2,1-2H3. The Labute approximate surface area is 79.0 Å². The molecule has 1 aliphatic rings. The van der Waals surface area contributed by atoms with E-state index >= 15 is 0 Å². The highest BCUT2D eigenvalue weighted by Gasteiger charge is 2.42. The van der Waals surface area contributed by atoms with Crippen molar-refractivity contribution in [3.63, 3.8) is 0 Å². The molecular formula is C10H17N3. The van der Waals surface area contributed by atoms with Crippen molar-refractivity contribution in [2.45, 2.75) is 38.8 Å². The van der Waals surface area contributed by atoms with Gasteiger partial charge in [0.15, 0.2) is 0 Å². The first-order valence-electron chi connectivity index (χ1n) is 4.99. The Morgan fingerprint density at radius 3 is 3.08 bits per heavy atom. The van der Waals surface area contributed by atoms with Crippen molar-refractivity contribution in [3.8, 4) is 0 Å². The maximum absolute atomic E-state index is 5.86. The first-order valence-corrected chi connectivity index (χ1v) is 4.99. The summed E-state index contributed by atoms with van der Waals surface area (Å²) in [6.07, 6.45) is 5.13. The zero-order valence-electron chi connectivity index (χ0n) is 8.27. The van der Waals surface area contributed by atoms with Gasteiger partial charge in [-0.25, -0.2) is 4.98 Å². The lowest BCUT2D eigenvalue weighted by Gasteiger charge is -2.06. The number of hydrogen-bond donors (Lipinski definition) is 1. The van der Waals surface area contributed by atoms with Crippen LogP contribution in [0.5, 0.6) is 0 Å². The smallest absolute Gasteiger partial charge is 0.0948 e. The Kier molecular flexibility index (Phi) is 2.12. The number of aryl methyl sites for hydroxylation is 1. The fourth-order valence-electron chi connectivity index (χ4n) is 2.04. The van der Waals surface area contributed by atoms with Crippen molar-refractivity contribution < 1.29 is 0 Å². The van der Waals surface area contributed by atoms with Gasteiger partial charge in [-0.15, -0.1) is 0 Å². The van der Waals surface area contributed by atoms with Gasteiger partial charge in [0.2, 0.25) is 0 Å². The van der Waals surface area contributed by atoms with Gasteiger partial charge in [-0.05, 0) is 26.2 Å². The second kappa shape index (κ2) is 3.14. The number of nitrogens with zero attached hydrogens (tertiary/aromatic N) is 2. The minimum Gasteiger partial charge on any atom is -0.335 e. The monoisotopic (exact) mass is 179 g/mol. The van der Waals surface area contributed by atoms with Gasteiger partial charge < -0.3 is 10.3 Å². The first kappa shape index (κ1) is 8.75. The molecule has 0 saturated heterocycles. The molecule has 2 N–H and O–H groups in total. The van der Waals surface area contributed by atoms with Crippen molar-refractivity contribution >= 4 is 0 Å². The fraction of sp³-hybridized carbons (Fsp3) is 0.700. The highest BCUT2D eigenvalue weighted by molar-refractivity contribution is 5.18. The molecule has 0 aromatic carbocycles. The summed E-state index contributed by atoms with van der Waals surface area (Å²) in [6.45, 7) is 5.25. The summed E-state index contributed by atoms with van der Waals surface area (Å²) in [5.74, 6) is 1.35. The zero-order valence-corrected chi connectivity index (χ0v) is 8.27. The van der Waals surface area contributed by atoms with Crippen LogP contribution in [0.15, 0.2) is 12.5 Å². The van der Waals surface area contributed by atoms with Crippen molar-refractivity contribution in [2.24, 2.45) is 11.7 Å². The Morgan fingerprint density at radius 2 is 2.54 bits per heavy atom. The van der Waals surface area contributed by atoms with E-state index in [1.807, 2.05) is 12.5 Å². The van der Waals surface area contributed by atoms with E-state index < -0.39 is 0 Å². The molecule has 1 fully saturated rings. The van der Waals surface area contributed by atoms with Gasteiger partial charge in [0.25, 0.3) is 0 Å². The van der Waals surface area contributed by atoms with Crippen molar-refractivity contribution in [2.75, 3.05) is 0 Å². The molecule has 1 heterocycles. The number of aromatic nitrogens is 2. The molecule has 3 nitrogen and oxygen atoms in total. The van der Waals surface area contributed by atoms with E-state index in [9.17, 15) is 0 Å². The molecule has 1 saturated carbocycles. The van der Waals surface area contributed by atoms with Gasteiger partial charge in [0.05, 0.1) is 6.33 Å². The van der Waals surface area contributed by atoms with E-state index in [1.165, 1.54) is 12.1 Å². The Morgan fingerprint density at radius 1 is 1.77 bits per heavy atom. The third-order valence-electron chi connectivity index (χ3n) is 2.98. The molecule has 72 valence electrons. The van der Waals surface area contributed by atoms with Crippen LogP contribution < -0.4 is 5.73 Å². The molecule has 0 spiro atoms. The molecule has 0 radical (unpaired) electrons. The lowest BCUT2D eigenvalue weighted by Crippen LogP contribution is -2.18. The topological polar surface area (TPSA) is 43.8 Å². The Balaban J connectivity index is 2.11. The third kappa shape index (κ3) is 1.48. The molecule has 1 aliphatic carbocycles. The summed E-state index contributed by atoms with van der Waals surface area (Å²) < 4.78 is 2.22. The van der Waals surface area contributed by atoms with Crippen LogP contribution in [-0.4, -0.2) is 15.6 Å². The van der Waals surface area contributed by atoms with Crippen molar-refractivity contribution in [3.05, 3.63) is 18.2 Å². The van der Waals surface area contributed by atoms with Gasteiger partial charge >= 0.3 is 0 Å². The molecule has 3 heteroatoms. The van der Waals surface area contributed by atoms with Crippen LogP contribution in [0.3, 0.4) is 0 Å². The second-order valence-electron chi connectivity index (χ2n) is 3.97. The summed E-state index contributed by atoms with van der Waals surface area (Å²) >= 11 is 0. The molecular weight excluding hydrogens is 162 g/mol. The summed E-state index contributed by atoms with van der Waals surface area (Å²) in [5, 5.41) is 0. The third-order valence-corrected chi connectivity index (χ3v) is 2.98. The highest BCUT2D eigenvalue weighted by Crippen LogP contribution is 2.48. The second-order valence-corrected chi connectivity index (χ2v) is 3.97. The molecule has 13 heavy (non-hydrogen) atoms. The van der Waals surface area contributed by atoms with E-state index in [2.05, 4.69) is 23.4 Å². The van der Waals surface area contributed by atoms with E-state index in [1.54, 1.807) is 0 Å². The van der Waals surface area contributed by atoms with Crippen LogP contribution >= 0.6 is 0 Å². The van der Waals surface area contributed by atoms with Crippen LogP contribution in [0.4, 0.5) is 0 Å². The average molecular weight is 179 g/mol. The van der Waals surface area contributed by atoms with Crippen LogP contribution in [0.1, 0.15) is 31.9 Å². The summed E-state index contributed by atoms with van der Waals surface area (Å²) in [7, 11) is 0. The summed E-state index contributed by atoms with van der Waals surface area (Å²) in [4.78, 5) is 4.17. The number of rotatable bonds is 3. The molecule has 0 aliphatic heterocycles.